The van der Waals surface area contributed by atoms with Gasteiger partial charge < -0.3 is 5.32 Å². The predicted molar refractivity (Wildman–Crippen MR) is 117 cm³/mol. The minimum Gasteiger partial charge on any atom is -0.356 e. The molecular formula is C22H31N3O3S. The molecule has 2 aromatic rings. The van der Waals surface area contributed by atoms with E-state index >= 15 is 0 Å². The standard InChI is InChI=1S/C22H31N3O3S/c1-17(14-19-10-6-9-18-8-4-5-12-21(18)19)15-23-22(26)20-11-7-13-25(16-20)29(27,28)24(2)3/h4-6,8-10,12,17,20H,7,11,13-16H2,1-3H3,(H,23,26)/t17-,20-/m1/s1. The third-order valence-electron chi connectivity index (χ3n) is 5.62. The van der Waals surface area contributed by atoms with Gasteiger partial charge in [0.15, 0.2) is 0 Å². The van der Waals surface area contributed by atoms with Gasteiger partial charge in [0, 0.05) is 33.7 Å². The Morgan fingerprint density at radius 1 is 1.21 bits per heavy atom. The average Bonchev–Trinajstić information content (AvgIpc) is 2.72. The maximum Gasteiger partial charge on any atom is 0.281 e. The number of nitrogens with zero attached hydrogens (tertiary/aromatic N) is 2. The van der Waals surface area contributed by atoms with E-state index < -0.39 is 10.2 Å². The van der Waals surface area contributed by atoms with Crippen molar-refractivity contribution in [1.29, 1.82) is 0 Å². The fourth-order valence-electron chi connectivity index (χ4n) is 3.93. The zero-order valence-electron chi connectivity index (χ0n) is 17.5. The zero-order valence-corrected chi connectivity index (χ0v) is 18.3. The number of nitrogens with one attached hydrogen (secondary N) is 1. The van der Waals surface area contributed by atoms with Crippen LogP contribution in [0.2, 0.25) is 0 Å². The van der Waals surface area contributed by atoms with Crippen molar-refractivity contribution in [2.24, 2.45) is 11.8 Å². The molecule has 1 aliphatic heterocycles. The van der Waals surface area contributed by atoms with Crippen molar-refractivity contribution in [3.8, 4) is 0 Å². The number of carbonyl (C=O) groups excluding carboxylic acids is 1. The van der Waals surface area contributed by atoms with E-state index in [2.05, 4.69) is 48.6 Å². The molecule has 1 amide bonds. The van der Waals surface area contributed by atoms with Crippen LogP contribution in [0.3, 0.4) is 0 Å². The third-order valence-corrected chi connectivity index (χ3v) is 7.52. The van der Waals surface area contributed by atoms with Crippen molar-refractivity contribution in [3.63, 3.8) is 0 Å². The number of carbonyl (C=O) groups is 1. The Kier molecular flexibility index (Phi) is 6.93. The number of amides is 1. The molecule has 29 heavy (non-hydrogen) atoms. The summed E-state index contributed by atoms with van der Waals surface area (Å²) < 4.78 is 27.3. The molecule has 0 bridgehead atoms. The second-order valence-corrected chi connectivity index (χ2v) is 10.3. The van der Waals surface area contributed by atoms with Gasteiger partial charge in [-0.15, -0.1) is 0 Å². The molecule has 0 radical (unpaired) electrons. The van der Waals surface area contributed by atoms with Crippen molar-refractivity contribution in [2.45, 2.75) is 26.2 Å². The maximum atomic E-state index is 12.7. The number of piperidine rings is 1. The van der Waals surface area contributed by atoms with Gasteiger partial charge in [-0.25, -0.2) is 0 Å². The molecule has 1 N–H and O–H groups in total. The molecule has 7 heteroatoms. The number of benzene rings is 2. The molecule has 0 unspecified atom stereocenters. The minimum absolute atomic E-state index is 0.0478. The van der Waals surface area contributed by atoms with Gasteiger partial charge in [-0.05, 0) is 41.5 Å². The zero-order chi connectivity index (χ0) is 21.0. The molecule has 3 rings (SSSR count). The fourth-order valence-corrected chi connectivity index (χ4v) is 5.12. The summed E-state index contributed by atoms with van der Waals surface area (Å²) >= 11 is 0. The van der Waals surface area contributed by atoms with Crippen molar-refractivity contribution in [2.75, 3.05) is 33.7 Å². The topological polar surface area (TPSA) is 69.7 Å². The number of rotatable bonds is 7. The highest BCUT2D eigenvalue weighted by Crippen LogP contribution is 2.22. The molecular weight excluding hydrogens is 386 g/mol. The van der Waals surface area contributed by atoms with Crippen molar-refractivity contribution >= 4 is 26.9 Å². The summed E-state index contributed by atoms with van der Waals surface area (Å²) in [5, 5.41) is 5.53. The lowest BCUT2D eigenvalue weighted by atomic mass is 9.95. The van der Waals surface area contributed by atoms with Crippen LogP contribution in [-0.4, -0.2) is 56.7 Å². The summed E-state index contributed by atoms with van der Waals surface area (Å²) in [5.74, 6) is -0.0494. The van der Waals surface area contributed by atoms with E-state index in [1.165, 1.54) is 39.0 Å². The Morgan fingerprint density at radius 3 is 2.69 bits per heavy atom. The first-order chi connectivity index (χ1) is 13.8. The Morgan fingerprint density at radius 2 is 1.93 bits per heavy atom. The molecule has 2 aromatic carbocycles. The molecule has 0 saturated carbocycles. The van der Waals surface area contributed by atoms with Gasteiger partial charge in [0.25, 0.3) is 10.2 Å². The second kappa shape index (κ2) is 9.24. The quantitative estimate of drug-likeness (QED) is 0.753. The molecule has 1 heterocycles. The molecule has 6 nitrogen and oxygen atoms in total. The van der Waals surface area contributed by atoms with E-state index in [4.69, 9.17) is 0 Å². The Bertz CT molecular complexity index is 953. The molecule has 0 aliphatic carbocycles. The first-order valence-corrected chi connectivity index (χ1v) is 11.6. The largest absolute Gasteiger partial charge is 0.356 e. The highest BCUT2D eigenvalue weighted by atomic mass is 32.2. The van der Waals surface area contributed by atoms with Crippen LogP contribution in [0.25, 0.3) is 10.8 Å². The van der Waals surface area contributed by atoms with Crippen LogP contribution in [0.1, 0.15) is 25.3 Å². The summed E-state index contributed by atoms with van der Waals surface area (Å²) in [6.07, 6.45) is 2.31. The molecule has 158 valence electrons. The van der Waals surface area contributed by atoms with Crippen molar-refractivity contribution < 1.29 is 13.2 Å². The first kappa shape index (κ1) is 21.7. The van der Waals surface area contributed by atoms with Crippen LogP contribution < -0.4 is 5.32 Å². The maximum absolute atomic E-state index is 12.7. The first-order valence-electron chi connectivity index (χ1n) is 10.2. The average molecular weight is 418 g/mol. The van der Waals surface area contributed by atoms with Crippen molar-refractivity contribution in [1.82, 2.24) is 13.9 Å². The molecule has 2 atom stereocenters. The van der Waals surface area contributed by atoms with E-state index in [0.29, 0.717) is 19.5 Å². The molecule has 1 saturated heterocycles. The van der Waals surface area contributed by atoms with E-state index in [9.17, 15) is 13.2 Å². The summed E-state index contributed by atoms with van der Waals surface area (Å²) in [4.78, 5) is 12.7. The monoisotopic (exact) mass is 417 g/mol. The molecule has 1 aliphatic rings. The fraction of sp³-hybridized carbons (Fsp3) is 0.500. The van der Waals surface area contributed by atoms with Gasteiger partial charge in [0.2, 0.25) is 5.91 Å². The normalized spacial score (nSPS) is 19.4. The van der Waals surface area contributed by atoms with Gasteiger partial charge in [0.05, 0.1) is 5.92 Å². The van der Waals surface area contributed by atoms with Crippen LogP contribution in [0.4, 0.5) is 0 Å². The van der Waals surface area contributed by atoms with Gasteiger partial charge in [-0.1, -0.05) is 49.4 Å². The lowest BCUT2D eigenvalue weighted by molar-refractivity contribution is -0.126. The second-order valence-electron chi connectivity index (χ2n) is 8.18. The molecule has 0 aromatic heterocycles. The minimum atomic E-state index is -3.47. The molecule has 1 fully saturated rings. The van der Waals surface area contributed by atoms with E-state index in [1.54, 1.807) is 0 Å². The highest BCUT2D eigenvalue weighted by Gasteiger charge is 2.33. The van der Waals surface area contributed by atoms with Gasteiger partial charge >= 0.3 is 0 Å². The van der Waals surface area contributed by atoms with Crippen LogP contribution in [0.15, 0.2) is 42.5 Å². The lowest BCUT2D eigenvalue weighted by Crippen LogP contribution is -2.49. The van der Waals surface area contributed by atoms with Crippen LogP contribution in [0.5, 0.6) is 0 Å². The van der Waals surface area contributed by atoms with E-state index in [0.717, 1.165) is 12.8 Å². The Balaban J connectivity index is 1.56. The molecule has 0 spiro atoms. The van der Waals surface area contributed by atoms with Crippen LogP contribution in [-0.2, 0) is 21.4 Å². The number of hydrogen-bond donors (Lipinski definition) is 1. The number of hydrogen-bond acceptors (Lipinski definition) is 3. The number of fused-ring (bicyclic) bond motifs is 1. The Hall–Kier alpha value is -1.96. The van der Waals surface area contributed by atoms with Gasteiger partial charge in [-0.2, -0.15) is 17.0 Å². The lowest BCUT2D eigenvalue weighted by Gasteiger charge is -2.33. The van der Waals surface area contributed by atoms with E-state index in [-0.39, 0.29) is 24.3 Å². The third kappa shape index (κ3) is 5.15. The summed E-state index contributed by atoms with van der Waals surface area (Å²) in [6.45, 7) is 3.44. The van der Waals surface area contributed by atoms with Gasteiger partial charge in [-0.3, -0.25) is 4.79 Å². The summed E-state index contributed by atoms with van der Waals surface area (Å²) in [6, 6.07) is 14.7. The Labute approximate surface area is 174 Å². The predicted octanol–water partition coefficient (Wildman–Crippen LogP) is 2.65. The summed E-state index contributed by atoms with van der Waals surface area (Å²) in [7, 11) is -0.429. The van der Waals surface area contributed by atoms with Crippen LogP contribution in [0, 0.1) is 11.8 Å². The summed E-state index contributed by atoms with van der Waals surface area (Å²) in [5.41, 5.74) is 1.28. The van der Waals surface area contributed by atoms with Crippen molar-refractivity contribution in [3.05, 3.63) is 48.0 Å². The van der Waals surface area contributed by atoms with E-state index in [1.807, 2.05) is 6.07 Å². The highest BCUT2D eigenvalue weighted by molar-refractivity contribution is 7.86. The smallest absolute Gasteiger partial charge is 0.281 e. The van der Waals surface area contributed by atoms with Crippen LogP contribution >= 0.6 is 0 Å². The van der Waals surface area contributed by atoms with Gasteiger partial charge in [0.1, 0.15) is 0 Å². The SMILES string of the molecule is C[C@@H](CNC(=O)[C@@H]1CCCN(S(=O)(=O)N(C)C)C1)Cc1cccc2ccccc12.